The van der Waals surface area contributed by atoms with Crippen LogP contribution in [0.3, 0.4) is 0 Å². The molecule has 1 saturated heterocycles. The average Bonchev–Trinajstić information content (AvgIpc) is 3.48. The van der Waals surface area contributed by atoms with Crippen molar-refractivity contribution < 1.29 is 9.53 Å². The Hall–Kier alpha value is -0.570. The van der Waals surface area contributed by atoms with E-state index in [9.17, 15) is 4.79 Å². The maximum Gasteiger partial charge on any atom is 0.310 e. The zero-order valence-electron chi connectivity index (χ0n) is 16.1. The number of hydrogen-bond donors (Lipinski definition) is 0. The van der Waals surface area contributed by atoms with E-state index in [2.05, 4.69) is 18.9 Å². The molecule has 140 valence electrons. The van der Waals surface area contributed by atoms with Crippen molar-refractivity contribution in [2.24, 2.45) is 34.5 Å². The molecule has 1 aliphatic heterocycles. The minimum absolute atomic E-state index is 0.131. The van der Waals surface area contributed by atoms with Gasteiger partial charge in [0.25, 0.3) is 0 Å². The van der Waals surface area contributed by atoms with Crippen LogP contribution in [0.1, 0.15) is 71.1 Å². The van der Waals surface area contributed by atoms with Crippen LogP contribution in [0.4, 0.5) is 0 Å². The van der Waals surface area contributed by atoms with Gasteiger partial charge in [0.15, 0.2) is 0 Å². The van der Waals surface area contributed by atoms with E-state index in [0.717, 1.165) is 19.0 Å². The van der Waals surface area contributed by atoms with E-state index in [0.29, 0.717) is 22.7 Å². The number of hydrogen-bond acceptors (Lipinski definition) is 3. The van der Waals surface area contributed by atoms with Gasteiger partial charge in [-0.15, -0.1) is 0 Å². The summed E-state index contributed by atoms with van der Waals surface area (Å²) in [7, 11) is 2.19. The molecule has 0 aromatic heterocycles. The summed E-state index contributed by atoms with van der Waals surface area (Å²) in [5.74, 6) is 2.34. The Balaban J connectivity index is 1.39. The first-order valence-electron chi connectivity index (χ1n) is 11.0. The van der Waals surface area contributed by atoms with Crippen LogP contribution < -0.4 is 0 Å². The van der Waals surface area contributed by atoms with E-state index in [4.69, 9.17) is 4.74 Å². The standard InChI is InChI=1S/C22H35NO2/c1-3-4-13-23(2)14-16-15-5-7-21(9-10-21)17-6-8-22(11-12-22)18(17)19(15)25-20(16)24/h15-19H,3-14H2,1-2H3. The second-order valence-corrected chi connectivity index (χ2v) is 10.2. The highest BCUT2D eigenvalue weighted by atomic mass is 16.6. The summed E-state index contributed by atoms with van der Waals surface area (Å²) >= 11 is 0. The van der Waals surface area contributed by atoms with Crippen molar-refractivity contribution >= 4 is 5.97 Å². The summed E-state index contributed by atoms with van der Waals surface area (Å²) in [5.41, 5.74) is 1.24. The minimum Gasteiger partial charge on any atom is -0.461 e. The number of ether oxygens (including phenoxy) is 1. The van der Waals surface area contributed by atoms with Crippen LogP contribution in [0.25, 0.3) is 0 Å². The van der Waals surface area contributed by atoms with Gasteiger partial charge in [0.1, 0.15) is 6.10 Å². The van der Waals surface area contributed by atoms with E-state index in [-0.39, 0.29) is 18.0 Å². The Labute approximate surface area is 152 Å². The highest BCUT2D eigenvalue weighted by Crippen LogP contribution is 2.74. The maximum absolute atomic E-state index is 12.8. The molecule has 5 atom stereocenters. The lowest BCUT2D eigenvalue weighted by Gasteiger charge is -2.33. The summed E-state index contributed by atoms with van der Waals surface area (Å²) < 4.78 is 6.21. The van der Waals surface area contributed by atoms with Crippen molar-refractivity contribution in [1.29, 1.82) is 0 Å². The summed E-state index contributed by atoms with van der Waals surface area (Å²) in [6, 6.07) is 0. The first-order chi connectivity index (χ1) is 12.1. The number of fused-ring (bicyclic) bond motifs is 5. The topological polar surface area (TPSA) is 29.5 Å². The zero-order chi connectivity index (χ0) is 17.2. The fraction of sp³-hybridized carbons (Fsp3) is 0.955. The number of rotatable bonds is 5. The Morgan fingerprint density at radius 3 is 2.48 bits per heavy atom. The molecule has 4 saturated carbocycles. The molecular weight excluding hydrogens is 310 g/mol. The van der Waals surface area contributed by atoms with Gasteiger partial charge < -0.3 is 9.64 Å². The second-order valence-electron chi connectivity index (χ2n) is 10.2. The molecule has 0 radical (unpaired) electrons. The van der Waals surface area contributed by atoms with Gasteiger partial charge in [-0.1, -0.05) is 13.3 Å². The van der Waals surface area contributed by atoms with Crippen molar-refractivity contribution in [3.63, 3.8) is 0 Å². The monoisotopic (exact) mass is 345 g/mol. The second kappa shape index (κ2) is 5.71. The SMILES string of the molecule is CCCCN(C)CC1C(=O)OC2C1CCC1(CC1)C1CCC3(CC3)C21. The number of carbonyl (C=O) groups is 1. The molecule has 5 aliphatic rings. The summed E-state index contributed by atoms with van der Waals surface area (Å²) in [6.45, 7) is 4.26. The third-order valence-corrected chi connectivity index (χ3v) is 8.89. The predicted molar refractivity (Wildman–Crippen MR) is 98.0 cm³/mol. The molecule has 2 spiro atoms. The summed E-state index contributed by atoms with van der Waals surface area (Å²) in [4.78, 5) is 15.2. The molecule has 0 aromatic rings. The molecule has 0 amide bonds. The number of carbonyl (C=O) groups excluding carboxylic acids is 1. The van der Waals surface area contributed by atoms with Crippen LogP contribution in [0, 0.1) is 34.5 Å². The van der Waals surface area contributed by atoms with Crippen molar-refractivity contribution in [3.05, 3.63) is 0 Å². The van der Waals surface area contributed by atoms with Crippen LogP contribution in [-0.2, 0) is 9.53 Å². The highest BCUT2D eigenvalue weighted by Gasteiger charge is 2.69. The van der Waals surface area contributed by atoms with Crippen molar-refractivity contribution in [2.45, 2.75) is 77.2 Å². The molecule has 25 heavy (non-hydrogen) atoms. The van der Waals surface area contributed by atoms with Gasteiger partial charge in [-0.2, -0.15) is 0 Å². The molecule has 3 heteroatoms. The van der Waals surface area contributed by atoms with Gasteiger partial charge in [-0.25, -0.2) is 0 Å². The molecule has 5 rings (SSSR count). The third kappa shape index (κ3) is 2.51. The fourth-order valence-corrected chi connectivity index (χ4v) is 7.13. The van der Waals surface area contributed by atoms with E-state index < -0.39 is 0 Å². The normalized spacial score (nSPS) is 42.4. The lowest BCUT2D eigenvalue weighted by molar-refractivity contribution is -0.147. The van der Waals surface area contributed by atoms with Crippen molar-refractivity contribution in [2.75, 3.05) is 20.1 Å². The molecule has 0 aromatic carbocycles. The predicted octanol–water partition coefficient (Wildman–Crippen LogP) is 4.26. The summed E-state index contributed by atoms with van der Waals surface area (Å²) in [6.07, 6.45) is 13.9. The zero-order valence-corrected chi connectivity index (χ0v) is 16.1. The number of nitrogens with zero attached hydrogens (tertiary/aromatic N) is 1. The van der Waals surface area contributed by atoms with Crippen LogP contribution >= 0.6 is 0 Å². The highest BCUT2D eigenvalue weighted by molar-refractivity contribution is 5.75. The summed E-state index contributed by atoms with van der Waals surface area (Å²) in [5, 5.41) is 0. The van der Waals surface area contributed by atoms with Crippen LogP contribution in [0.5, 0.6) is 0 Å². The van der Waals surface area contributed by atoms with Gasteiger partial charge >= 0.3 is 5.97 Å². The van der Waals surface area contributed by atoms with Gasteiger partial charge in [0.05, 0.1) is 5.92 Å². The Morgan fingerprint density at radius 1 is 1.08 bits per heavy atom. The van der Waals surface area contributed by atoms with Crippen LogP contribution in [0.2, 0.25) is 0 Å². The van der Waals surface area contributed by atoms with Crippen LogP contribution in [-0.4, -0.2) is 37.1 Å². The van der Waals surface area contributed by atoms with Crippen molar-refractivity contribution in [1.82, 2.24) is 4.90 Å². The Bertz CT molecular complexity index is 550. The number of esters is 1. The van der Waals surface area contributed by atoms with E-state index in [1.807, 2.05) is 0 Å². The molecular formula is C22H35NO2. The first kappa shape index (κ1) is 16.6. The van der Waals surface area contributed by atoms with Crippen molar-refractivity contribution in [3.8, 4) is 0 Å². The van der Waals surface area contributed by atoms with Crippen LogP contribution in [0.15, 0.2) is 0 Å². The molecule has 5 fully saturated rings. The molecule has 0 bridgehead atoms. The maximum atomic E-state index is 12.8. The largest absolute Gasteiger partial charge is 0.461 e. The lowest BCUT2D eigenvalue weighted by Crippen LogP contribution is -2.37. The Morgan fingerprint density at radius 2 is 1.80 bits per heavy atom. The van der Waals surface area contributed by atoms with E-state index >= 15 is 0 Å². The first-order valence-corrected chi connectivity index (χ1v) is 11.0. The molecule has 5 unspecified atom stereocenters. The smallest absolute Gasteiger partial charge is 0.310 e. The molecule has 0 N–H and O–H groups in total. The molecule has 3 nitrogen and oxygen atoms in total. The fourth-order valence-electron chi connectivity index (χ4n) is 7.13. The van der Waals surface area contributed by atoms with Gasteiger partial charge in [-0.3, -0.25) is 4.79 Å². The quantitative estimate of drug-likeness (QED) is 0.697. The van der Waals surface area contributed by atoms with Gasteiger partial charge in [-0.05, 0) is 88.1 Å². The third-order valence-electron chi connectivity index (χ3n) is 8.89. The minimum atomic E-state index is 0.131. The van der Waals surface area contributed by atoms with Gasteiger partial charge in [0.2, 0.25) is 0 Å². The van der Waals surface area contributed by atoms with Gasteiger partial charge in [0, 0.05) is 18.4 Å². The molecule has 4 aliphatic carbocycles. The Kier molecular flexibility index (Phi) is 3.79. The van der Waals surface area contributed by atoms with E-state index in [1.165, 1.54) is 64.2 Å². The average molecular weight is 346 g/mol. The molecule has 1 heterocycles. The lowest BCUT2D eigenvalue weighted by atomic mass is 9.73. The van der Waals surface area contributed by atoms with E-state index in [1.54, 1.807) is 0 Å². The number of unbranched alkanes of at least 4 members (excludes halogenated alkanes) is 1.